The first-order valence-electron chi connectivity index (χ1n) is 11.8. The molecule has 10 heteroatoms. The Balaban J connectivity index is 1.25. The van der Waals surface area contributed by atoms with Crippen LogP contribution in [-0.2, 0) is 6.61 Å². The molecule has 6 rings (SSSR count). The lowest BCUT2D eigenvalue weighted by atomic mass is 9.87. The third kappa shape index (κ3) is 4.41. The Bertz CT molecular complexity index is 1550. The molecule has 4 aromatic heterocycles. The minimum Gasteiger partial charge on any atom is -0.496 e. The van der Waals surface area contributed by atoms with E-state index in [2.05, 4.69) is 15.1 Å². The molecule has 7 nitrogen and oxygen atoms in total. The fourth-order valence-corrected chi connectivity index (χ4v) is 5.53. The largest absolute Gasteiger partial charge is 0.496 e. The van der Waals surface area contributed by atoms with E-state index in [0.717, 1.165) is 27.4 Å². The van der Waals surface area contributed by atoms with Crippen molar-refractivity contribution < 1.29 is 22.7 Å². The van der Waals surface area contributed by atoms with Crippen molar-refractivity contribution in [1.82, 2.24) is 19.6 Å². The molecule has 0 radical (unpaired) electrons. The summed E-state index contributed by atoms with van der Waals surface area (Å²) in [6.45, 7) is 2.18. The van der Waals surface area contributed by atoms with E-state index in [-0.39, 0.29) is 25.4 Å². The smallest absolute Gasteiger partial charge is 0.248 e. The number of aromatic nitrogens is 4. The van der Waals surface area contributed by atoms with E-state index in [4.69, 9.17) is 13.9 Å². The maximum atomic E-state index is 13.5. The number of hydrogen-bond donors (Lipinski definition) is 0. The van der Waals surface area contributed by atoms with Crippen molar-refractivity contribution in [3.05, 3.63) is 58.3 Å². The van der Waals surface area contributed by atoms with E-state index in [9.17, 15) is 8.78 Å². The number of alkyl halides is 2. The number of rotatable bonds is 6. The van der Waals surface area contributed by atoms with Crippen LogP contribution in [0.15, 0.2) is 46.3 Å². The normalized spacial score (nSPS) is 16.1. The standard InChI is InChI=1S/C26H24F2N4O3S/c1-15-3-4-24-30-20(12-32(24)31-15)23-11-19-21(9-18(33-2)10-22(19)35-23)34-13-17-14-36-25(29-17)16-5-7-26(27,28)8-6-16/h3-4,9-12,14,16H,5-8,13H2,1-2H3. The van der Waals surface area contributed by atoms with Crippen LogP contribution in [0.3, 0.4) is 0 Å². The van der Waals surface area contributed by atoms with Gasteiger partial charge < -0.3 is 13.9 Å². The Morgan fingerprint density at radius 2 is 2.00 bits per heavy atom. The zero-order valence-electron chi connectivity index (χ0n) is 19.8. The number of methoxy groups -OCH3 is 1. The second kappa shape index (κ2) is 8.85. The fraction of sp³-hybridized carbons (Fsp3) is 0.346. The number of hydrogen-bond acceptors (Lipinski definition) is 7. The molecule has 0 amide bonds. The predicted molar refractivity (Wildman–Crippen MR) is 132 cm³/mol. The zero-order chi connectivity index (χ0) is 24.9. The molecule has 0 atom stereocenters. The number of fused-ring (bicyclic) bond motifs is 2. The van der Waals surface area contributed by atoms with E-state index in [0.29, 0.717) is 41.4 Å². The molecule has 1 aliphatic carbocycles. The summed E-state index contributed by atoms with van der Waals surface area (Å²) < 4.78 is 46.5. The monoisotopic (exact) mass is 510 g/mol. The van der Waals surface area contributed by atoms with Crippen molar-refractivity contribution >= 4 is 28.0 Å². The molecule has 0 N–H and O–H groups in total. The molecule has 5 aromatic rings. The molecule has 186 valence electrons. The summed E-state index contributed by atoms with van der Waals surface area (Å²) in [5.74, 6) is -0.653. The van der Waals surface area contributed by atoms with Gasteiger partial charge in [0.2, 0.25) is 5.92 Å². The molecule has 1 fully saturated rings. The number of furan rings is 1. The van der Waals surface area contributed by atoms with Gasteiger partial charge in [0.25, 0.3) is 0 Å². The van der Waals surface area contributed by atoms with Gasteiger partial charge in [0.1, 0.15) is 29.4 Å². The first-order valence-corrected chi connectivity index (χ1v) is 12.6. The maximum Gasteiger partial charge on any atom is 0.248 e. The Morgan fingerprint density at radius 1 is 1.17 bits per heavy atom. The van der Waals surface area contributed by atoms with Gasteiger partial charge in [-0.1, -0.05) is 0 Å². The van der Waals surface area contributed by atoms with Crippen LogP contribution in [0.4, 0.5) is 8.78 Å². The third-order valence-corrected chi connectivity index (χ3v) is 7.58. The van der Waals surface area contributed by atoms with Crippen LogP contribution in [0.1, 0.15) is 48.0 Å². The van der Waals surface area contributed by atoms with Gasteiger partial charge >= 0.3 is 0 Å². The van der Waals surface area contributed by atoms with Crippen LogP contribution in [0.25, 0.3) is 28.1 Å². The van der Waals surface area contributed by atoms with Crippen LogP contribution in [0.2, 0.25) is 0 Å². The topological polar surface area (TPSA) is 74.7 Å². The van der Waals surface area contributed by atoms with Crippen LogP contribution < -0.4 is 9.47 Å². The number of halogens is 2. The van der Waals surface area contributed by atoms with Crippen molar-refractivity contribution in [1.29, 1.82) is 0 Å². The SMILES string of the molecule is COc1cc(OCc2csc(C3CCC(F)(F)CC3)n2)c2cc(-c3cn4nc(C)ccc4n3)oc2c1. The lowest BCUT2D eigenvalue weighted by molar-refractivity contribution is -0.0382. The molecular formula is C26H24F2N4O3S. The second-order valence-corrected chi connectivity index (χ2v) is 10.0. The average molecular weight is 511 g/mol. The Morgan fingerprint density at radius 3 is 2.81 bits per heavy atom. The number of thiazole rings is 1. The van der Waals surface area contributed by atoms with Crippen molar-refractivity contribution in [2.24, 2.45) is 0 Å². The van der Waals surface area contributed by atoms with Crippen LogP contribution in [0.5, 0.6) is 11.5 Å². The van der Waals surface area contributed by atoms with Gasteiger partial charge in [0.05, 0.1) is 35.1 Å². The predicted octanol–water partition coefficient (Wildman–Crippen LogP) is 6.79. The van der Waals surface area contributed by atoms with Gasteiger partial charge in [-0.3, -0.25) is 0 Å². The summed E-state index contributed by atoms with van der Waals surface area (Å²) in [5.41, 5.74) is 3.67. The van der Waals surface area contributed by atoms with Gasteiger partial charge in [0, 0.05) is 36.3 Å². The minimum atomic E-state index is -2.54. The van der Waals surface area contributed by atoms with Crippen LogP contribution in [-0.4, -0.2) is 32.6 Å². The maximum absolute atomic E-state index is 13.5. The summed E-state index contributed by atoms with van der Waals surface area (Å²) in [6, 6.07) is 9.34. The molecular weight excluding hydrogens is 486 g/mol. The van der Waals surface area contributed by atoms with Gasteiger partial charge in [0.15, 0.2) is 11.4 Å². The number of nitrogens with zero attached hydrogens (tertiary/aromatic N) is 4. The highest BCUT2D eigenvalue weighted by atomic mass is 32.1. The second-order valence-electron chi connectivity index (χ2n) is 9.15. The number of imidazole rings is 1. The highest BCUT2D eigenvalue weighted by Gasteiger charge is 2.36. The van der Waals surface area contributed by atoms with Gasteiger partial charge in [-0.25, -0.2) is 23.3 Å². The highest BCUT2D eigenvalue weighted by molar-refractivity contribution is 7.09. The molecule has 0 bridgehead atoms. The van der Waals surface area contributed by atoms with Crippen molar-refractivity contribution in [2.45, 2.75) is 51.1 Å². The number of ether oxygens (including phenoxy) is 2. The zero-order valence-corrected chi connectivity index (χ0v) is 20.6. The van der Waals surface area contributed by atoms with Gasteiger partial charge in [-0.15, -0.1) is 11.3 Å². The lowest BCUT2D eigenvalue weighted by Gasteiger charge is -2.26. The summed E-state index contributed by atoms with van der Waals surface area (Å²) in [7, 11) is 1.59. The van der Waals surface area contributed by atoms with Crippen molar-refractivity contribution in [3.8, 4) is 23.0 Å². The van der Waals surface area contributed by atoms with E-state index in [1.807, 2.05) is 48.8 Å². The van der Waals surface area contributed by atoms with Gasteiger partial charge in [-0.05, 0) is 38.0 Å². The molecule has 0 saturated heterocycles. The molecule has 4 heterocycles. The van der Waals surface area contributed by atoms with Crippen LogP contribution >= 0.6 is 11.3 Å². The number of benzene rings is 1. The first-order chi connectivity index (χ1) is 17.4. The van der Waals surface area contributed by atoms with Crippen molar-refractivity contribution in [2.75, 3.05) is 7.11 Å². The van der Waals surface area contributed by atoms with E-state index >= 15 is 0 Å². The molecule has 0 aliphatic heterocycles. The molecule has 36 heavy (non-hydrogen) atoms. The van der Waals surface area contributed by atoms with Gasteiger partial charge in [-0.2, -0.15) is 5.10 Å². The van der Waals surface area contributed by atoms with E-state index < -0.39 is 5.92 Å². The van der Waals surface area contributed by atoms with E-state index in [1.54, 1.807) is 11.6 Å². The third-order valence-electron chi connectivity index (χ3n) is 6.53. The summed E-state index contributed by atoms with van der Waals surface area (Å²) in [5, 5.41) is 8.08. The highest BCUT2D eigenvalue weighted by Crippen LogP contribution is 2.42. The summed E-state index contributed by atoms with van der Waals surface area (Å²) in [6.07, 6.45) is 2.61. The first kappa shape index (κ1) is 22.9. The molecule has 0 unspecified atom stereocenters. The average Bonchev–Trinajstić information content (AvgIpc) is 3.60. The van der Waals surface area contributed by atoms with E-state index in [1.165, 1.54) is 11.3 Å². The quantitative estimate of drug-likeness (QED) is 0.250. The Labute approximate surface area is 209 Å². The molecule has 0 spiro atoms. The van der Waals surface area contributed by atoms with Crippen LogP contribution in [0, 0.1) is 6.92 Å². The molecule has 1 saturated carbocycles. The number of aryl methyl sites for hydroxylation is 1. The Kier molecular flexibility index (Phi) is 5.63. The lowest BCUT2D eigenvalue weighted by Crippen LogP contribution is -2.23. The fourth-order valence-electron chi connectivity index (χ4n) is 4.56. The summed E-state index contributed by atoms with van der Waals surface area (Å²) >= 11 is 1.51. The summed E-state index contributed by atoms with van der Waals surface area (Å²) in [4.78, 5) is 9.30. The molecule has 1 aromatic carbocycles. The molecule has 1 aliphatic rings. The van der Waals surface area contributed by atoms with Crippen molar-refractivity contribution in [3.63, 3.8) is 0 Å². The Hall–Kier alpha value is -3.53. The minimum absolute atomic E-state index is 0.0737.